The first-order valence-electron chi connectivity index (χ1n) is 13.9. The maximum atomic E-state index is 14.1. The molecule has 0 aliphatic rings. The van der Waals surface area contributed by atoms with Gasteiger partial charge in [0.2, 0.25) is 5.43 Å². The lowest BCUT2D eigenvalue weighted by Gasteiger charge is -2.18. The molecule has 0 bridgehead atoms. The molecule has 0 aliphatic carbocycles. The highest BCUT2D eigenvalue weighted by Crippen LogP contribution is 2.40. The molecule has 5 aromatic rings. The summed E-state index contributed by atoms with van der Waals surface area (Å²) in [5, 5.41) is 11.8. The highest BCUT2D eigenvalue weighted by molar-refractivity contribution is 7.22. The van der Waals surface area contributed by atoms with Gasteiger partial charge in [-0.3, -0.25) is 19.8 Å². The predicted octanol–water partition coefficient (Wildman–Crippen LogP) is 6.86. The summed E-state index contributed by atoms with van der Waals surface area (Å²) in [5.74, 6) is 0.507. The molecule has 226 valence electrons. The van der Waals surface area contributed by atoms with Crippen molar-refractivity contribution in [3.8, 4) is 21.9 Å². The van der Waals surface area contributed by atoms with E-state index in [0.29, 0.717) is 35.6 Å². The maximum absolute atomic E-state index is 14.1. The third-order valence-corrected chi connectivity index (χ3v) is 8.34. The van der Waals surface area contributed by atoms with Crippen LogP contribution in [-0.2, 0) is 24.4 Å². The number of benzene rings is 3. The molecule has 0 N–H and O–H groups in total. The monoisotopic (exact) mass is 613 g/mol. The first-order valence-corrected chi connectivity index (χ1v) is 14.7. The van der Waals surface area contributed by atoms with Crippen molar-refractivity contribution in [2.24, 2.45) is 0 Å². The van der Waals surface area contributed by atoms with Gasteiger partial charge in [-0.25, -0.2) is 4.79 Å². The number of pyridine rings is 1. The number of carbonyl (C=O) groups excluding carboxylic acids is 1. The molecule has 3 aromatic carbocycles. The Hall–Kier alpha value is -5.00. The summed E-state index contributed by atoms with van der Waals surface area (Å²) in [5.41, 5.74) is 2.94. The second-order valence-corrected chi connectivity index (χ2v) is 11.1. The molecule has 2 aromatic heterocycles. The van der Waals surface area contributed by atoms with Crippen molar-refractivity contribution in [1.29, 1.82) is 0 Å². The second-order valence-electron chi connectivity index (χ2n) is 10.1. The van der Waals surface area contributed by atoms with Crippen LogP contribution in [-0.4, -0.2) is 41.3 Å². The van der Waals surface area contributed by atoms with Crippen LogP contribution in [0.2, 0.25) is 0 Å². The summed E-state index contributed by atoms with van der Waals surface area (Å²) in [7, 11) is 3.55. The van der Waals surface area contributed by atoms with Gasteiger partial charge in [0.1, 0.15) is 10.6 Å². The molecule has 0 unspecified atom stereocenters. The maximum Gasteiger partial charge on any atom is 0.514 e. The molecule has 44 heavy (non-hydrogen) atoms. The van der Waals surface area contributed by atoms with E-state index in [-0.39, 0.29) is 18.0 Å². The van der Waals surface area contributed by atoms with Crippen molar-refractivity contribution >= 4 is 33.4 Å². The second kappa shape index (κ2) is 13.5. The minimum Gasteiger partial charge on any atom is -0.496 e. The molecule has 10 nitrogen and oxygen atoms in total. The van der Waals surface area contributed by atoms with Crippen molar-refractivity contribution in [3.05, 3.63) is 122 Å². The fraction of sp³-hybridized carbons (Fsp3) is 0.212. The lowest BCUT2D eigenvalue weighted by molar-refractivity contribution is -0.384. The van der Waals surface area contributed by atoms with Gasteiger partial charge in [0.25, 0.3) is 5.69 Å². The minimum absolute atomic E-state index is 0.0292. The number of nitro benzene ring substituents is 1. The number of ether oxygens (including phenoxy) is 3. The van der Waals surface area contributed by atoms with Crippen LogP contribution in [0.1, 0.15) is 23.6 Å². The number of para-hydroxylation sites is 1. The van der Waals surface area contributed by atoms with Gasteiger partial charge in [-0.1, -0.05) is 48.5 Å². The molecule has 0 atom stereocenters. The molecule has 0 aliphatic heterocycles. The molecule has 2 heterocycles. The summed E-state index contributed by atoms with van der Waals surface area (Å²) in [6, 6.07) is 23.8. The van der Waals surface area contributed by atoms with Crippen LogP contribution in [0.4, 0.5) is 10.5 Å². The average molecular weight is 614 g/mol. The fourth-order valence-electron chi connectivity index (χ4n) is 5.05. The number of methoxy groups -OCH3 is 1. The summed E-state index contributed by atoms with van der Waals surface area (Å²) in [6.07, 6.45) is 0.545. The molecule has 0 saturated heterocycles. The highest BCUT2D eigenvalue weighted by Gasteiger charge is 2.24. The number of rotatable bonds is 11. The van der Waals surface area contributed by atoms with Crippen molar-refractivity contribution < 1.29 is 23.9 Å². The Balaban J connectivity index is 1.72. The molecule has 0 radical (unpaired) electrons. The summed E-state index contributed by atoms with van der Waals surface area (Å²) in [4.78, 5) is 40.9. The van der Waals surface area contributed by atoms with Gasteiger partial charge < -0.3 is 18.8 Å². The molecule has 0 amide bonds. The quantitative estimate of drug-likeness (QED) is 0.0902. The number of carbonyl (C=O) groups is 1. The number of hydrogen-bond acceptors (Lipinski definition) is 9. The predicted molar refractivity (Wildman–Crippen MR) is 170 cm³/mol. The molecule has 0 saturated carbocycles. The van der Waals surface area contributed by atoms with E-state index in [4.69, 9.17) is 14.2 Å². The van der Waals surface area contributed by atoms with Crippen LogP contribution in [0, 0.1) is 10.1 Å². The van der Waals surface area contributed by atoms with Crippen molar-refractivity contribution in [2.45, 2.75) is 26.6 Å². The van der Waals surface area contributed by atoms with Gasteiger partial charge in [0, 0.05) is 35.7 Å². The summed E-state index contributed by atoms with van der Waals surface area (Å²) < 4.78 is 17.9. The van der Waals surface area contributed by atoms with Crippen LogP contribution in [0.3, 0.4) is 0 Å². The van der Waals surface area contributed by atoms with Crippen LogP contribution in [0.15, 0.2) is 89.9 Å². The van der Waals surface area contributed by atoms with Crippen LogP contribution >= 0.6 is 11.3 Å². The van der Waals surface area contributed by atoms with E-state index in [9.17, 15) is 19.7 Å². The van der Waals surface area contributed by atoms with Crippen LogP contribution in [0.25, 0.3) is 20.7 Å². The van der Waals surface area contributed by atoms with Crippen LogP contribution in [0.5, 0.6) is 11.5 Å². The zero-order valence-corrected chi connectivity index (χ0v) is 25.3. The van der Waals surface area contributed by atoms with Gasteiger partial charge in [-0.05, 0) is 48.9 Å². The van der Waals surface area contributed by atoms with E-state index in [1.165, 1.54) is 29.7 Å². The Kier molecular flexibility index (Phi) is 9.37. The molecule has 0 spiro atoms. The average Bonchev–Trinajstić information content (AvgIpc) is 3.39. The van der Waals surface area contributed by atoms with E-state index < -0.39 is 16.5 Å². The van der Waals surface area contributed by atoms with Crippen molar-refractivity contribution in [1.82, 2.24) is 9.47 Å². The number of nitrogens with zero attached hydrogens (tertiary/aromatic N) is 3. The SMILES string of the molecule is CCOC(=O)Oc1cn(Cc2ccccc2OC)c2sc(-c3ccc([N+](=O)[O-])cc3)c(CN(C)Cc3ccccc3)c2c1=O. The Labute approximate surface area is 257 Å². The minimum atomic E-state index is -0.971. The number of nitro groups is 1. The number of fused-ring (bicyclic) bond motifs is 1. The normalized spacial score (nSPS) is 11.1. The molecular formula is C33H31N3O7S. The Morgan fingerprint density at radius 3 is 2.36 bits per heavy atom. The van der Waals surface area contributed by atoms with Crippen LogP contribution < -0.4 is 14.9 Å². The third kappa shape index (κ3) is 6.64. The largest absolute Gasteiger partial charge is 0.514 e. The van der Waals surface area contributed by atoms with Gasteiger partial charge in [0.15, 0.2) is 5.75 Å². The Morgan fingerprint density at radius 2 is 1.68 bits per heavy atom. The fourth-order valence-corrected chi connectivity index (χ4v) is 6.34. The van der Waals surface area contributed by atoms with Crippen molar-refractivity contribution in [3.63, 3.8) is 0 Å². The number of aromatic nitrogens is 1. The van der Waals surface area contributed by atoms with E-state index in [2.05, 4.69) is 4.90 Å². The highest BCUT2D eigenvalue weighted by atomic mass is 32.1. The van der Waals surface area contributed by atoms with Gasteiger partial charge in [-0.2, -0.15) is 0 Å². The topological polar surface area (TPSA) is 113 Å². The molecule has 5 rings (SSSR count). The summed E-state index contributed by atoms with van der Waals surface area (Å²) in [6.45, 7) is 3.06. The Morgan fingerprint density at radius 1 is 0.977 bits per heavy atom. The summed E-state index contributed by atoms with van der Waals surface area (Å²) >= 11 is 1.40. The first-order chi connectivity index (χ1) is 21.3. The molecular weight excluding hydrogens is 582 g/mol. The van der Waals surface area contributed by atoms with Gasteiger partial charge in [0.05, 0.1) is 36.8 Å². The van der Waals surface area contributed by atoms with E-state index in [0.717, 1.165) is 27.1 Å². The Bertz CT molecular complexity index is 1850. The van der Waals surface area contributed by atoms with E-state index in [1.54, 1.807) is 26.2 Å². The first kappa shape index (κ1) is 30.5. The number of thiophene rings is 1. The zero-order chi connectivity index (χ0) is 31.2. The smallest absolute Gasteiger partial charge is 0.496 e. The zero-order valence-electron chi connectivity index (χ0n) is 24.5. The van der Waals surface area contributed by atoms with Gasteiger partial charge >= 0.3 is 6.16 Å². The van der Waals surface area contributed by atoms with Crippen molar-refractivity contribution in [2.75, 3.05) is 20.8 Å². The lowest BCUT2D eigenvalue weighted by atomic mass is 10.0. The third-order valence-electron chi connectivity index (χ3n) is 7.03. The van der Waals surface area contributed by atoms with E-state index >= 15 is 0 Å². The molecule has 11 heteroatoms. The number of non-ortho nitro benzene ring substituents is 1. The lowest BCUT2D eigenvalue weighted by Crippen LogP contribution is -2.21. The van der Waals surface area contributed by atoms with Gasteiger partial charge in [-0.15, -0.1) is 11.3 Å². The standard InChI is InChI=1S/C33H31N3O7S/c1-4-42-33(38)43-28-21-35(19-24-12-8-9-13-27(24)41-3)32-29(30(28)37)26(20-34(2)18-22-10-6-5-7-11-22)31(44-32)23-14-16-25(17-15-23)36(39)40/h5-17,21H,4,18-20H2,1-3H3. The number of hydrogen-bond donors (Lipinski definition) is 0. The molecule has 0 fully saturated rings. The van der Waals surface area contributed by atoms with E-state index in [1.807, 2.05) is 66.2 Å².